The molecule has 0 unspecified atom stereocenters. The number of sulfonamides is 1. The summed E-state index contributed by atoms with van der Waals surface area (Å²) in [4.78, 5) is 12.6. The molecule has 3 aromatic carbocycles. The van der Waals surface area contributed by atoms with E-state index < -0.39 is 15.9 Å². The SMILES string of the molecule is Nc1ccc(S(=O)(=O)/N=C2\NC(=O)/C(=C/c3ccc(-c4ccccc4)cc3)S2)cc1. The molecule has 0 radical (unpaired) electrons. The van der Waals surface area contributed by atoms with Gasteiger partial charge in [0.15, 0.2) is 5.17 Å². The number of amides is 1. The zero-order valence-electron chi connectivity index (χ0n) is 15.6. The van der Waals surface area contributed by atoms with Crippen molar-refractivity contribution in [1.82, 2.24) is 5.32 Å². The van der Waals surface area contributed by atoms with Crippen molar-refractivity contribution in [3.05, 3.63) is 89.3 Å². The molecule has 1 amide bonds. The van der Waals surface area contributed by atoms with Crippen LogP contribution in [0.5, 0.6) is 0 Å². The molecule has 0 atom stereocenters. The molecule has 4 rings (SSSR count). The predicted molar refractivity (Wildman–Crippen MR) is 121 cm³/mol. The van der Waals surface area contributed by atoms with Crippen LogP contribution in [0.3, 0.4) is 0 Å². The molecule has 1 fully saturated rings. The van der Waals surface area contributed by atoms with E-state index in [1.807, 2.05) is 54.6 Å². The summed E-state index contributed by atoms with van der Waals surface area (Å²) in [6.07, 6.45) is 1.70. The quantitative estimate of drug-likeness (QED) is 0.478. The van der Waals surface area contributed by atoms with E-state index in [0.29, 0.717) is 10.6 Å². The fraction of sp³-hybridized carbons (Fsp3) is 0. The molecule has 8 heteroatoms. The molecule has 0 spiro atoms. The first kappa shape index (κ1) is 19.9. The molecular weight excluding hydrogens is 418 g/mol. The van der Waals surface area contributed by atoms with E-state index in [0.717, 1.165) is 28.5 Å². The summed E-state index contributed by atoms with van der Waals surface area (Å²) >= 11 is 0.985. The number of anilines is 1. The van der Waals surface area contributed by atoms with Crippen molar-refractivity contribution in [2.24, 2.45) is 4.40 Å². The maximum Gasteiger partial charge on any atom is 0.284 e. The van der Waals surface area contributed by atoms with Gasteiger partial charge in [-0.1, -0.05) is 54.6 Å². The first-order valence-corrected chi connectivity index (χ1v) is 11.2. The number of thioether (sulfide) groups is 1. The van der Waals surface area contributed by atoms with E-state index >= 15 is 0 Å². The van der Waals surface area contributed by atoms with Crippen LogP contribution in [0.1, 0.15) is 5.56 Å². The Bertz CT molecular complexity index is 1250. The maximum absolute atomic E-state index is 12.4. The van der Waals surface area contributed by atoms with Crippen LogP contribution in [-0.2, 0) is 14.8 Å². The molecule has 3 N–H and O–H groups in total. The zero-order valence-corrected chi connectivity index (χ0v) is 17.3. The zero-order chi connectivity index (χ0) is 21.1. The Labute approximate surface area is 178 Å². The highest BCUT2D eigenvalue weighted by atomic mass is 32.2. The molecular formula is C22H17N3O3S2. The van der Waals surface area contributed by atoms with Crippen LogP contribution in [0.4, 0.5) is 5.69 Å². The van der Waals surface area contributed by atoms with Gasteiger partial charge in [0.25, 0.3) is 15.9 Å². The highest BCUT2D eigenvalue weighted by Crippen LogP contribution is 2.28. The lowest BCUT2D eigenvalue weighted by Gasteiger charge is -2.02. The third-order valence-electron chi connectivity index (χ3n) is 4.35. The van der Waals surface area contributed by atoms with Gasteiger partial charge in [-0.25, -0.2) is 0 Å². The average Bonchev–Trinajstić information content (AvgIpc) is 3.07. The summed E-state index contributed by atoms with van der Waals surface area (Å²) in [6.45, 7) is 0. The number of nitrogen functional groups attached to an aromatic ring is 1. The summed E-state index contributed by atoms with van der Waals surface area (Å²) in [5, 5.41) is 2.52. The van der Waals surface area contributed by atoms with Crippen LogP contribution in [0, 0.1) is 0 Å². The van der Waals surface area contributed by atoms with Crippen LogP contribution < -0.4 is 11.1 Å². The molecule has 1 saturated heterocycles. The van der Waals surface area contributed by atoms with Gasteiger partial charge in [-0.3, -0.25) is 10.1 Å². The summed E-state index contributed by atoms with van der Waals surface area (Å²) in [5.41, 5.74) is 9.04. The third kappa shape index (κ3) is 4.45. The van der Waals surface area contributed by atoms with Crippen LogP contribution in [0.2, 0.25) is 0 Å². The van der Waals surface area contributed by atoms with Crippen molar-refractivity contribution in [3.8, 4) is 11.1 Å². The van der Waals surface area contributed by atoms with Gasteiger partial charge in [0.1, 0.15) is 0 Å². The average molecular weight is 436 g/mol. The monoisotopic (exact) mass is 435 g/mol. The molecule has 150 valence electrons. The third-order valence-corrected chi connectivity index (χ3v) is 6.66. The van der Waals surface area contributed by atoms with Gasteiger partial charge in [0, 0.05) is 5.69 Å². The van der Waals surface area contributed by atoms with E-state index in [-0.39, 0.29) is 10.1 Å². The molecule has 0 bridgehead atoms. The number of nitrogens with two attached hydrogens (primary N) is 1. The van der Waals surface area contributed by atoms with E-state index in [2.05, 4.69) is 9.71 Å². The van der Waals surface area contributed by atoms with Gasteiger partial charge >= 0.3 is 0 Å². The molecule has 1 aliphatic heterocycles. The van der Waals surface area contributed by atoms with E-state index in [4.69, 9.17) is 5.73 Å². The van der Waals surface area contributed by atoms with Crippen molar-refractivity contribution < 1.29 is 13.2 Å². The van der Waals surface area contributed by atoms with Gasteiger partial charge in [0.05, 0.1) is 9.80 Å². The minimum Gasteiger partial charge on any atom is -0.399 e. The minimum absolute atomic E-state index is 0.00739. The summed E-state index contributed by atoms with van der Waals surface area (Å²) < 4.78 is 28.6. The summed E-state index contributed by atoms with van der Waals surface area (Å²) in [7, 11) is -3.95. The number of hydrogen-bond donors (Lipinski definition) is 2. The first-order chi connectivity index (χ1) is 14.4. The van der Waals surface area contributed by atoms with Crippen LogP contribution in [-0.4, -0.2) is 19.5 Å². The number of nitrogens with one attached hydrogen (secondary N) is 1. The normalized spacial score (nSPS) is 16.7. The number of benzene rings is 3. The second-order valence-electron chi connectivity index (χ2n) is 6.49. The standard InChI is InChI=1S/C22H17N3O3S2/c23-18-10-12-19(13-11-18)30(27,28)25-22-24-21(26)20(29-22)14-15-6-8-17(9-7-15)16-4-2-1-3-5-16/h1-14H,23H2,(H,24,25,26)/b20-14-. The molecule has 0 aliphatic carbocycles. The fourth-order valence-corrected chi connectivity index (χ4v) is 4.81. The van der Waals surface area contributed by atoms with Gasteiger partial charge in [0.2, 0.25) is 0 Å². The number of nitrogens with zero attached hydrogens (tertiary/aromatic N) is 1. The van der Waals surface area contributed by atoms with Crippen molar-refractivity contribution in [2.45, 2.75) is 4.90 Å². The van der Waals surface area contributed by atoms with E-state index in [1.54, 1.807) is 6.08 Å². The van der Waals surface area contributed by atoms with Crippen LogP contribution >= 0.6 is 11.8 Å². The lowest BCUT2D eigenvalue weighted by molar-refractivity contribution is -0.115. The number of amidine groups is 1. The van der Waals surface area contributed by atoms with Crippen LogP contribution in [0.15, 0.2) is 93.1 Å². The molecule has 6 nitrogen and oxygen atoms in total. The Morgan fingerprint density at radius 3 is 2.17 bits per heavy atom. The molecule has 0 aromatic heterocycles. The topological polar surface area (TPSA) is 102 Å². The van der Waals surface area contributed by atoms with Crippen molar-refractivity contribution >= 4 is 44.6 Å². The van der Waals surface area contributed by atoms with E-state index in [9.17, 15) is 13.2 Å². The van der Waals surface area contributed by atoms with Gasteiger partial charge in [-0.05, 0) is 58.8 Å². The lowest BCUT2D eigenvalue weighted by Crippen LogP contribution is -2.20. The molecule has 30 heavy (non-hydrogen) atoms. The largest absolute Gasteiger partial charge is 0.399 e. The molecule has 3 aromatic rings. The second kappa shape index (κ2) is 8.17. The Hall–Kier alpha value is -3.36. The number of carbonyl (C=O) groups is 1. The molecule has 1 aliphatic rings. The number of hydrogen-bond acceptors (Lipinski definition) is 5. The highest BCUT2D eigenvalue weighted by Gasteiger charge is 2.26. The van der Waals surface area contributed by atoms with Gasteiger partial charge in [-0.2, -0.15) is 8.42 Å². The Kier molecular flexibility index (Phi) is 5.43. The lowest BCUT2D eigenvalue weighted by atomic mass is 10.0. The smallest absolute Gasteiger partial charge is 0.284 e. The van der Waals surface area contributed by atoms with Crippen LogP contribution in [0.25, 0.3) is 17.2 Å². The highest BCUT2D eigenvalue weighted by molar-refractivity contribution is 8.19. The number of rotatable bonds is 4. The van der Waals surface area contributed by atoms with Gasteiger partial charge < -0.3 is 5.73 Å². The Balaban J connectivity index is 1.54. The maximum atomic E-state index is 12.4. The predicted octanol–water partition coefficient (Wildman–Crippen LogP) is 3.88. The van der Waals surface area contributed by atoms with Crippen molar-refractivity contribution in [3.63, 3.8) is 0 Å². The van der Waals surface area contributed by atoms with Crippen molar-refractivity contribution in [1.29, 1.82) is 0 Å². The molecule has 0 saturated carbocycles. The minimum atomic E-state index is -3.95. The Morgan fingerprint density at radius 2 is 1.50 bits per heavy atom. The second-order valence-corrected chi connectivity index (χ2v) is 9.13. The van der Waals surface area contributed by atoms with Crippen molar-refractivity contribution in [2.75, 3.05) is 5.73 Å². The summed E-state index contributed by atoms with van der Waals surface area (Å²) in [6, 6.07) is 23.4. The summed E-state index contributed by atoms with van der Waals surface area (Å²) in [5.74, 6) is -0.390. The Morgan fingerprint density at radius 1 is 0.867 bits per heavy atom. The fourth-order valence-electron chi connectivity index (χ4n) is 2.83. The van der Waals surface area contributed by atoms with E-state index in [1.165, 1.54) is 24.3 Å². The van der Waals surface area contributed by atoms with Gasteiger partial charge in [-0.15, -0.1) is 4.40 Å². The molecule has 1 heterocycles. The number of carbonyl (C=O) groups excluding carboxylic acids is 1. The first-order valence-electron chi connectivity index (χ1n) is 8.98.